The number of aliphatic hydroxyl groups excluding tert-OH is 1. The Kier molecular flexibility index (Phi) is 6.06. The van der Waals surface area contributed by atoms with Gasteiger partial charge in [0.2, 0.25) is 0 Å². The molecule has 30 heavy (non-hydrogen) atoms. The SMILES string of the molecule is CN1C(=O)[C@@H](C(O)c2ccncc2)O[C@H](c2ccc(Cl)cc2)[C@@H]1c1ccc(Cl)cc1. The number of amides is 1. The number of nitrogens with zero attached hydrogens (tertiary/aromatic N) is 2. The monoisotopic (exact) mass is 442 g/mol. The van der Waals surface area contributed by atoms with Crippen molar-refractivity contribution in [2.75, 3.05) is 7.05 Å². The summed E-state index contributed by atoms with van der Waals surface area (Å²) in [5, 5.41) is 12.1. The summed E-state index contributed by atoms with van der Waals surface area (Å²) in [6.45, 7) is 0. The quantitative estimate of drug-likeness (QED) is 0.632. The number of carbonyl (C=O) groups is 1. The first-order valence-corrected chi connectivity index (χ1v) is 10.2. The second-order valence-corrected chi connectivity index (χ2v) is 8.07. The third-order valence-corrected chi connectivity index (χ3v) is 5.84. The summed E-state index contributed by atoms with van der Waals surface area (Å²) >= 11 is 12.1. The third-order valence-electron chi connectivity index (χ3n) is 5.33. The molecule has 1 amide bonds. The predicted molar refractivity (Wildman–Crippen MR) is 115 cm³/mol. The molecule has 0 radical (unpaired) electrons. The van der Waals surface area contributed by atoms with Crippen LogP contribution in [0, 0.1) is 0 Å². The highest BCUT2D eigenvalue weighted by atomic mass is 35.5. The Balaban J connectivity index is 1.74. The van der Waals surface area contributed by atoms with E-state index in [1.165, 1.54) is 0 Å². The normalized spacial score (nSPS) is 22.7. The number of pyridine rings is 1. The lowest BCUT2D eigenvalue weighted by molar-refractivity contribution is -0.185. The van der Waals surface area contributed by atoms with Gasteiger partial charge in [0.25, 0.3) is 5.91 Å². The number of likely N-dealkylation sites (N-methyl/N-ethyl adjacent to an activating group) is 1. The molecule has 1 saturated heterocycles. The van der Waals surface area contributed by atoms with Crippen LogP contribution >= 0.6 is 23.2 Å². The number of halogens is 2. The average molecular weight is 443 g/mol. The second-order valence-electron chi connectivity index (χ2n) is 7.20. The molecule has 1 aliphatic rings. The average Bonchev–Trinajstić information content (AvgIpc) is 2.77. The van der Waals surface area contributed by atoms with Gasteiger partial charge in [-0.25, -0.2) is 0 Å². The lowest BCUT2D eigenvalue weighted by Crippen LogP contribution is -2.51. The Morgan fingerprint density at radius 3 is 2.03 bits per heavy atom. The van der Waals surface area contributed by atoms with Crippen LogP contribution in [0.3, 0.4) is 0 Å². The number of morpholine rings is 1. The van der Waals surface area contributed by atoms with Crippen LogP contribution in [0.25, 0.3) is 0 Å². The van der Waals surface area contributed by atoms with Crippen molar-refractivity contribution in [1.82, 2.24) is 9.88 Å². The molecule has 1 aliphatic heterocycles. The fourth-order valence-corrected chi connectivity index (χ4v) is 4.00. The maximum absolute atomic E-state index is 13.2. The number of benzene rings is 2. The zero-order valence-corrected chi connectivity index (χ0v) is 17.7. The van der Waals surface area contributed by atoms with E-state index >= 15 is 0 Å². The van der Waals surface area contributed by atoms with Crippen molar-refractivity contribution in [1.29, 1.82) is 0 Å². The van der Waals surface area contributed by atoms with E-state index in [1.807, 2.05) is 24.3 Å². The molecule has 0 aliphatic carbocycles. The van der Waals surface area contributed by atoms with Gasteiger partial charge in [0.05, 0.1) is 6.04 Å². The highest BCUT2D eigenvalue weighted by Crippen LogP contribution is 2.43. The van der Waals surface area contributed by atoms with Crippen LogP contribution in [0.4, 0.5) is 0 Å². The first-order chi connectivity index (χ1) is 14.5. The molecule has 1 N–H and O–H groups in total. The Bertz CT molecular complexity index is 1010. The lowest BCUT2D eigenvalue weighted by atomic mass is 9.90. The van der Waals surface area contributed by atoms with Crippen LogP contribution in [0.2, 0.25) is 10.0 Å². The van der Waals surface area contributed by atoms with Crippen LogP contribution in [-0.4, -0.2) is 34.0 Å². The van der Waals surface area contributed by atoms with E-state index in [0.29, 0.717) is 15.6 Å². The third kappa shape index (κ3) is 4.07. The van der Waals surface area contributed by atoms with E-state index in [4.69, 9.17) is 27.9 Å². The highest BCUT2D eigenvalue weighted by molar-refractivity contribution is 6.30. The maximum Gasteiger partial charge on any atom is 0.255 e. The number of aromatic nitrogens is 1. The zero-order valence-electron chi connectivity index (χ0n) is 16.2. The van der Waals surface area contributed by atoms with Gasteiger partial charge >= 0.3 is 0 Å². The van der Waals surface area contributed by atoms with Gasteiger partial charge in [-0.15, -0.1) is 0 Å². The van der Waals surface area contributed by atoms with Crippen molar-refractivity contribution in [3.63, 3.8) is 0 Å². The van der Waals surface area contributed by atoms with E-state index in [0.717, 1.165) is 11.1 Å². The smallest absolute Gasteiger partial charge is 0.255 e. The summed E-state index contributed by atoms with van der Waals surface area (Å²) in [7, 11) is 1.72. The van der Waals surface area contributed by atoms with Gasteiger partial charge < -0.3 is 14.7 Å². The summed E-state index contributed by atoms with van der Waals surface area (Å²) in [5.74, 6) is -0.301. The fourth-order valence-electron chi connectivity index (χ4n) is 3.75. The van der Waals surface area contributed by atoms with Gasteiger partial charge in [-0.1, -0.05) is 47.5 Å². The highest BCUT2D eigenvalue weighted by Gasteiger charge is 2.45. The van der Waals surface area contributed by atoms with Gasteiger partial charge in [0.15, 0.2) is 6.10 Å². The van der Waals surface area contributed by atoms with Crippen LogP contribution in [-0.2, 0) is 9.53 Å². The van der Waals surface area contributed by atoms with Gasteiger partial charge in [-0.05, 0) is 53.1 Å². The fraction of sp³-hybridized carbons (Fsp3) is 0.217. The molecule has 3 aromatic rings. The van der Waals surface area contributed by atoms with Crippen molar-refractivity contribution in [2.45, 2.75) is 24.4 Å². The Morgan fingerprint density at radius 1 is 0.933 bits per heavy atom. The molecule has 154 valence electrons. The minimum absolute atomic E-state index is 0.301. The molecular formula is C23H20Cl2N2O3. The molecule has 1 aromatic heterocycles. The summed E-state index contributed by atoms with van der Waals surface area (Å²) in [4.78, 5) is 18.8. The zero-order chi connectivity index (χ0) is 21.3. The van der Waals surface area contributed by atoms with Gasteiger partial charge in [-0.2, -0.15) is 0 Å². The number of hydrogen-bond acceptors (Lipinski definition) is 4. The minimum atomic E-state index is -1.12. The second kappa shape index (κ2) is 8.74. The molecule has 0 spiro atoms. The van der Waals surface area contributed by atoms with Gasteiger partial charge in [0, 0.05) is 29.5 Å². The molecule has 7 heteroatoms. The Morgan fingerprint density at radius 2 is 1.47 bits per heavy atom. The van der Waals surface area contributed by atoms with Gasteiger partial charge in [0.1, 0.15) is 12.2 Å². The molecule has 1 unspecified atom stereocenters. The molecule has 4 rings (SSSR count). The number of hydrogen-bond donors (Lipinski definition) is 1. The van der Waals surface area contributed by atoms with Crippen LogP contribution in [0.15, 0.2) is 73.1 Å². The summed E-state index contributed by atoms with van der Waals surface area (Å²) < 4.78 is 6.27. The number of aliphatic hydroxyl groups is 1. The summed E-state index contributed by atoms with van der Waals surface area (Å²) in [5.41, 5.74) is 2.30. The Labute approximate surface area is 184 Å². The van der Waals surface area contributed by atoms with Crippen molar-refractivity contribution < 1.29 is 14.6 Å². The molecule has 1 fully saturated rings. The molecular weight excluding hydrogens is 423 g/mol. The van der Waals surface area contributed by atoms with Crippen LogP contribution < -0.4 is 0 Å². The molecule has 2 aromatic carbocycles. The van der Waals surface area contributed by atoms with Gasteiger partial charge in [-0.3, -0.25) is 9.78 Å². The molecule has 4 atom stereocenters. The van der Waals surface area contributed by atoms with Crippen molar-refractivity contribution in [2.24, 2.45) is 0 Å². The standard InChI is InChI=1S/C23H20Cl2N2O3/c1-27-19(14-2-6-17(24)7-3-14)21(16-4-8-18(25)9-5-16)30-22(23(27)29)20(28)15-10-12-26-13-11-15/h2-13,19-22,28H,1H3/t19-,20?,21+,22+/m0/s1. The molecule has 5 nitrogen and oxygen atoms in total. The first-order valence-electron chi connectivity index (χ1n) is 9.47. The van der Waals surface area contributed by atoms with Crippen molar-refractivity contribution in [3.05, 3.63) is 99.8 Å². The van der Waals surface area contributed by atoms with E-state index < -0.39 is 24.4 Å². The number of ether oxygens (including phenoxy) is 1. The molecule has 0 saturated carbocycles. The van der Waals surface area contributed by atoms with Crippen LogP contribution in [0.5, 0.6) is 0 Å². The summed E-state index contributed by atoms with van der Waals surface area (Å²) in [6.07, 6.45) is 0.462. The van der Waals surface area contributed by atoms with E-state index in [2.05, 4.69) is 4.98 Å². The maximum atomic E-state index is 13.2. The minimum Gasteiger partial charge on any atom is -0.385 e. The van der Waals surface area contributed by atoms with E-state index in [9.17, 15) is 9.90 Å². The molecule has 2 heterocycles. The van der Waals surface area contributed by atoms with Crippen LogP contribution in [0.1, 0.15) is 34.9 Å². The Hall–Kier alpha value is -2.44. The first kappa shape index (κ1) is 20.8. The van der Waals surface area contributed by atoms with E-state index in [-0.39, 0.29) is 5.91 Å². The summed E-state index contributed by atoms with van der Waals surface area (Å²) in [6, 6.07) is 17.6. The number of carbonyl (C=O) groups excluding carboxylic acids is 1. The van der Waals surface area contributed by atoms with E-state index in [1.54, 1.807) is 60.7 Å². The predicted octanol–water partition coefficient (Wildman–Crippen LogP) is 4.76. The lowest BCUT2D eigenvalue weighted by Gasteiger charge is -2.44. The van der Waals surface area contributed by atoms with Crippen molar-refractivity contribution in [3.8, 4) is 0 Å². The topological polar surface area (TPSA) is 62.7 Å². The largest absolute Gasteiger partial charge is 0.385 e. The van der Waals surface area contributed by atoms with Crippen molar-refractivity contribution >= 4 is 29.1 Å². The molecule has 0 bridgehead atoms. The number of rotatable bonds is 4.